The van der Waals surface area contributed by atoms with Gasteiger partial charge in [0.2, 0.25) is 0 Å². The van der Waals surface area contributed by atoms with Crippen LogP contribution in [0, 0.1) is 5.82 Å². The van der Waals surface area contributed by atoms with Crippen LogP contribution in [0.1, 0.15) is 37.7 Å². The van der Waals surface area contributed by atoms with E-state index >= 15 is 0 Å². The van der Waals surface area contributed by atoms with E-state index in [-0.39, 0.29) is 35.2 Å². The van der Waals surface area contributed by atoms with Crippen LogP contribution in [0.15, 0.2) is 29.3 Å². The monoisotopic (exact) mass is 491 g/mol. The molecule has 0 aromatic heterocycles. The Labute approximate surface area is 178 Å². The number of aliphatic imine (C=N–C) groups is 1. The van der Waals surface area contributed by atoms with Crippen LogP contribution in [0.25, 0.3) is 0 Å². The van der Waals surface area contributed by atoms with Gasteiger partial charge in [0.05, 0.1) is 6.10 Å². The third-order valence-corrected chi connectivity index (χ3v) is 5.24. The smallest absolute Gasteiger partial charge is 0.191 e. The highest BCUT2D eigenvalue weighted by Crippen LogP contribution is 2.47. The number of hydrogen-bond acceptors (Lipinski definition) is 3. The molecule has 0 radical (unpaired) electrons. The molecule has 2 aliphatic rings. The van der Waals surface area contributed by atoms with Crippen LogP contribution in [0.4, 0.5) is 4.39 Å². The molecule has 0 atom stereocenters. The number of nitrogens with zero attached hydrogens (tertiary/aromatic N) is 1. The minimum absolute atomic E-state index is 0. The Kier molecular flexibility index (Phi) is 9.25. The Hall–Kier alpha value is -0.930. The molecule has 27 heavy (non-hydrogen) atoms. The maximum atomic E-state index is 13.5. The van der Waals surface area contributed by atoms with Gasteiger partial charge in [0.1, 0.15) is 5.82 Å². The number of hydrogen-bond donors (Lipinski definition) is 2. The molecule has 3 rings (SSSR count). The van der Waals surface area contributed by atoms with Crippen LogP contribution in [0.5, 0.6) is 0 Å². The molecule has 2 fully saturated rings. The molecule has 0 unspecified atom stereocenters. The van der Waals surface area contributed by atoms with Crippen molar-refractivity contribution in [3.05, 3.63) is 35.6 Å². The summed E-state index contributed by atoms with van der Waals surface area (Å²) in [7, 11) is 1.77. The molecule has 1 aliphatic carbocycles. The van der Waals surface area contributed by atoms with Crippen LogP contribution < -0.4 is 10.6 Å². The van der Waals surface area contributed by atoms with Gasteiger partial charge in [-0.1, -0.05) is 12.1 Å². The van der Waals surface area contributed by atoms with Gasteiger partial charge in [-0.3, -0.25) is 4.99 Å². The lowest BCUT2D eigenvalue weighted by atomic mass is 9.96. The van der Waals surface area contributed by atoms with Crippen molar-refractivity contribution in [2.24, 2.45) is 4.99 Å². The average Bonchev–Trinajstić information content (AvgIpc) is 3.46. The van der Waals surface area contributed by atoms with Crippen molar-refractivity contribution in [1.29, 1.82) is 0 Å². The molecule has 2 N–H and O–H groups in total. The maximum Gasteiger partial charge on any atom is 0.191 e. The standard InChI is InChI=1S/C20H30FN3O2.HI/c1-22-19(23-10-3-11-26-18-6-12-25-13-7-18)24-15-20(8-9-20)16-4-2-5-17(21)14-16;/h2,4-5,14,18H,3,6-13,15H2,1H3,(H2,22,23,24);1H. The summed E-state index contributed by atoms with van der Waals surface area (Å²) in [6.07, 6.45) is 5.45. The summed E-state index contributed by atoms with van der Waals surface area (Å²) >= 11 is 0. The number of benzene rings is 1. The summed E-state index contributed by atoms with van der Waals surface area (Å²) in [5, 5.41) is 6.72. The van der Waals surface area contributed by atoms with E-state index < -0.39 is 0 Å². The Morgan fingerprint density at radius 3 is 2.74 bits per heavy atom. The number of halogens is 2. The molecule has 1 saturated carbocycles. The third-order valence-electron chi connectivity index (χ3n) is 5.24. The van der Waals surface area contributed by atoms with Crippen molar-refractivity contribution in [2.45, 2.75) is 43.6 Å². The van der Waals surface area contributed by atoms with E-state index in [9.17, 15) is 4.39 Å². The van der Waals surface area contributed by atoms with Crippen molar-refractivity contribution >= 4 is 29.9 Å². The Morgan fingerprint density at radius 1 is 1.30 bits per heavy atom. The van der Waals surface area contributed by atoms with Gasteiger partial charge in [-0.2, -0.15) is 0 Å². The molecular formula is C20H31FIN3O2. The SMILES string of the molecule is CN=C(NCCCOC1CCOCC1)NCC1(c2cccc(F)c2)CC1.I. The van der Waals surface area contributed by atoms with E-state index in [1.807, 2.05) is 6.07 Å². The van der Waals surface area contributed by atoms with Gasteiger partial charge in [0, 0.05) is 45.4 Å². The van der Waals surface area contributed by atoms with E-state index in [2.05, 4.69) is 15.6 Å². The molecule has 7 heteroatoms. The quantitative estimate of drug-likeness (QED) is 0.254. The second-order valence-corrected chi connectivity index (χ2v) is 7.18. The zero-order valence-electron chi connectivity index (χ0n) is 16.0. The van der Waals surface area contributed by atoms with Crippen LogP contribution in [-0.2, 0) is 14.9 Å². The molecule has 1 aromatic rings. The van der Waals surface area contributed by atoms with Gasteiger partial charge in [-0.05, 0) is 49.8 Å². The van der Waals surface area contributed by atoms with Crippen molar-refractivity contribution < 1.29 is 13.9 Å². The molecule has 152 valence electrons. The molecule has 1 aromatic carbocycles. The summed E-state index contributed by atoms with van der Waals surface area (Å²) in [5.74, 6) is 0.625. The molecule has 5 nitrogen and oxygen atoms in total. The molecule has 1 heterocycles. The number of nitrogens with one attached hydrogen (secondary N) is 2. The van der Waals surface area contributed by atoms with Gasteiger partial charge < -0.3 is 20.1 Å². The van der Waals surface area contributed by atoms with Crippen LogP contribution in [-0.4, -0.2) is 52.0 Å². The van der Waals surface area contributed by atoms with Crippen molar-refractivity contribution in [3.63, 3.8) is 0 Å². The van der Waals surface area contributed by atoms with E-state index in [0.717, 1.165) is 76.5 Å². The second-order valence-electron chi connectivity index (χ2n) is 7.18. The third kappa shape index (κ3) is 6.87. The number of ether oxygens (including phenoxy) is 2. The summed E-state index contributed by atoms with van der Waals surface area (Å²) in [5.41, 5.74) is 1.12. The highest BCUT2D eigenvalue weighted by atomic mass is 127. The van der Waals surface area contributed by atoms with E-state index in [1.54, 1.807) is 19.2 Å². The van der Waals surface area contributed by atoms with Gasteiger partial charge >= 0.3 is 0 Å². The highest BCUT2D eigenvalue weighted by Gasteiger charge is 2.44. The Balaban J connectivity index is 0.00000261. The van der Waals surface area contributed by atoms with E-state index in [0.29, 0.717) is 6.10 Å². The summed E-state index contributed by atoms with van der Waals surface area (Å²) in [6, 6.07) is 6.95. The zero-order chi connectivity index (χ0) is 18.2. The van der Waals surface area contributed by atoms with Gasteiger partial charge in [-0.15, -0.1) is 24.0 Å². The average molecular weight is 491 g/mol. The maximum absolute atomic E-state index is 13.5. The lowest BCUT2D eigenvalue weighted by Gasteiger charge is -2.22. The molecule has 0 amide bonds. The molecule has 0 bridgehead atoms. The largest absolute Gasteiger partial charge is 0.381 e. The second kappa shape index (κ2) is 11.2. The highest BCUT2D eigenvalue weighted by molar-refractivity contribution is 14.0. The van der Waals surface area contributed by atoms with E-state index in [4.69, 9.17) is 9.47 Å². The predicted molar refractivity (Wildman–Crippen MR) is 117 cm³/mol. The topological polar surface area (TPSA) is 54.9 Å². The first kappa shape index (κ1) is 22.4. The number of guanidine groups is 1. The number of rotatable bonds is 8. The fourth-order valence-corrected chi connectivity index (χ4v) is 3.38. The molecule has 0 spiro atoms. The fraction of sp³-hybridized carbons (Fsp3) is 0.650. The normalized spacial score (nSPS) is 19.3. The molecular weight excluding hydrogens is 460 g/mol. The first-order valence-electron chi connectivity index (χ1n) is 9.62. The Bertz CT molecular complexity index is 605. The minimum Gasteiger partial charge on any atom is -0.381 e. The van der Waals surface area contributed by atoms with Gasteiger partial charge in [0.25, 0.3) is 0 Å². The van der Waals surface area contributed by atoms with Crippen LogP contribution in [0.2, 0.25) is 0 Å². The summed E-state index contributed by atoms with van der Waals surface area (Å²) in [4.78, 5) is 4.28. The lowest BCUT2D eigenvalue weighted by molar-refractivity contribution is -0.0320. The van der Waals surface area contributed by atoms with E-state index in [1.165, 1.54) is 6.07 Å². The fourth-order valence-electron chi connectivity index (χ4n) is 3.38. The predicted octanol–water partition coefficient (Wildman–Crippen LogP) is 3.23. The summed E-state index contributed by atoms with van der Waals surface area (Å²) < 4.78 is 24.7. The zero-order valence-corrected chi connectivity index (χ0v) is 18.3. The van der Waals surface area contributed by atoms with Gasteiger partial charge in [-0.25, -0.2) is 4.39 Å². The van der Waals surface area contributed by atoms with Crippen molar-refractivity contribution in [1.82, 2.24) is 10.6 Å². The van der Waals surface area contributed by atoms with Gasteiger partial charge in [0.15, 0.2) is 5.96 Å². The molecule has 1 aliphatic heterocycles. The van der Waals surface area contributed by atoms with Crippen molar-refractivity contribution in [2.75, 3.05) is 40.0 Å². The first-order chi connectivity index (χ1) is 12.7. The lowest BCUT2D eigenvalue weighted by Crippen LogP contribution is -2.41. The van der Waals surface area contributed by atoms with Crippen molar-refractivity contribution in [3.8, 4) is 0 Å². The summed E-state index contributed by atoms with van der Waals surface area (Å²) in [6.45, 7) is 3.96. The van der Waals surface area contributed by atoms with Crippen LogP contribution >= 0.6 is 24.0 Å². The van der Waals surface area contributed by atoms with Crippen LogP contribution in [0.3, 0.4) is 0 Å². The molecule has 1 saturated heterocycles. The first-order valence-corrected chi connectivity index (χ1v) is 9.62. The Morgan fingerprint density at radius 2 is 2.07 bits per heavy atom. The minimum atomic E-state index is -0.166.